The minimum absolute atomic E-state index is 1.23. The molecule has 0 fully saturated rings. The molecule has 222 valence electrons. The molecule has 0 atom stereocenters. The first-order valence-electron chi connectivity index (χ1n) is 15.1. The third-order valence-electron chi connectivity index (χ3n) is 7.44. The normalized spacial score (nSPS) is 10.2. The molecule has 4 heteroatoms. The van der Waals surface area contributed by atoms with Crippen molar-refractivity contribution in [3.8, 4) is 5.69 Å². The van der Waals surface area contributed by atoms with Gasteiger partial charge in [0.05, 0.1) is 0 Å². The second kappa shape index (κ2) is 17.2. The average Bonchev–Trinajstić information content (AvgIpc) is 3.68. The van der Waals surface area contributed by atoms with E-state index in [4.69, 9.17) is 0 Å². The molecule has 41 heavy (non-hydrogen) atoms. The largest absolute Gasteiger partial charge is 0.363 e. The molecule has 0 radical (unpaired) electrons. The fourth-order valence-electron chi connectivity index (χ4n) is 4.82. The maximum atomic E-state index is 3.35. The Morgan fingerprint density at radius 1 is 0.561 bits per heavy atom. The summed E-state index contributed by atoms with van der Waals surface area (Å²) in [6.07, 6.45) is 6.66. The van der Waals surface area contributed by atoms with Gasteiger partial charge in [-0.2, -0.15) is 0 Å². The van der Waals surface area contributed by atoms with Crippen molar-refractivity contribution >= 4 is 0 Å². The zero-order valence-electron chi connectivity index (χ0n) is 27.4. The van der Waals surface area contributed by atoms with Gasteiger partial charge in [-0.1, -0.05) is 44.4 Å². The number of aryl methyl sites for hydroxylation is 9. The van der Waals surface area contributed by atoms with E-state index in [1.807, 2.05) is 19.9 Å². The molecule has 0 spiro atoms. The van der Waals surface area contributed by atoms with Crippen molar-refractivity contribution in [1.29, 1.82) is 0 Å². The van der Waals surface area contributed by atoms with Crippen LogP contribution in [0.15, 0.2) is 72.8 Å². The molecule has 0 saturated carbocycles. The van der Waals surface area contributed by atoms with Gasteiger partial charge < -0.3 is 19.1 Å². The number of hydrogen-bond donors (Lipinski definition) is 2. The van der Waals surface area contributed by atoms with E-state index in [0.717, 1.165) is 0 Å². The predicted octanol–water partition coefficient (Wildman–Crippen LogP) is 10.1. The van der Waals surface area contributed by atoms with Gasteiger partial charge >= 0.3 is 0 Å². The highest BCUT2D eigenvalue weighted by molar-refractivity contribution is 5.37. The van der Waals surface area contributed by atoms with Gasteiger partial charge in [0.2, 0.25) is 0 Å². The maximum Gasteiger partial charge on any atom is 0.0454 e. The van der Waals surface area contributed by atoms with Gasteiger partial charge in [-0.05, 0) is 128 Å². The molecular weight excluding hydrogens is 500 g/mol. The van der Waals surface area contributed by atoms with Crippen molar-refractivity contribution in [2.45, 2.75) is 94.4 Å². The van der Waals surface area contributed by atoms with Crippen LogP contribution in [0.1, 0.15) is 83.7 Å². The van der Waals surface area contributed by atoms with Gasteiger partial charge in [0.15, 0.2) is 0 Å². The lowest BCUT2D eigenvalue weighted by molar-refractivity contribution is 0.666. The van der Waals surface area contributed by atoms with Crippen LogP contribution in [0.4, 0.5) is 0 Å². The monoisotopic (exact) mass is 554 g/mol. The van der Waals surface area contributed by atoms with Gasteiger partial charge in [0.25, 0.3) is 0 Å². The third-order valence-corrected chi connectivity index (χ3v) is 7.44. The molecule has 0 bridgehead atoms. The Kier molecular flexibility index (Phi) is 14.1. The summed E-state index contributed by atoms with van der Waals surface area (Å²) in [5, 5.41) is 0. The zero-order valence-corrected chi connectivity index (χ0v) is 27.4. The standard InChI is InChI=1S/C12H13N.C12H21N.C7H11N.C6H9N/c1-10-8-9-11(2)13(10)12-6-4-3-5-7-12;1-4-5-6-7-8-12-9-10(2)13-11(12)3;1-6-4-5-7(2)8(6)3;1-5-3-4-6(2)7-5/h3-9H,1-2H3;9,13H,4-8H2,1-3H3;4-5H,1-3H3;3-4,7H,1-2H3. The lowest BCUT2D eigenvalue weighted by atomic mass is 10.1. The number of rotatable bonds is 6. The lowest BCUT2D eigenvalue weighted by Crippen LogP contribution is -1.97. The van der Waals surface area contributed by atoms with Crippen LogP contribution in [0, 0.1) is 55.4 Å². The Balaban J connectivity index is 0.000000198. The van der Waals surface area contributed by atoms with Crippen LogP contribution < -0.4 is 0 Å². The molecule has 4 nitrogen and oxygen atoms in total. The highest BCUT2D eigenvalue weighted by Gasteiger charge is 2.02. The molecule has 0 aliphatic rings. The quantitative estimate of drug-likeness (QED) is 0.196. The lowest BCUT2D eigenvalue weighted by Gasteiger charge is -2.08. The van der Waals surface area contributed by atoms with Crippen LogP contribution in [-0.4, -0.2) is 19.1 Å². The van der Waals surface area contributed by atoms with Crippen molar-refractivity contribution < 1.29 is 0 Å². The van der Waals surface area contributed by atoms with E-state index in [-0.39, 0.29) is 0 Å². The number of hydrogen-bond acceptors (Lipinski definition) is 0. The van der Waals surface area contributed by atoms with Crippen LogP contribution in [0.25, 0.3) is 5.69 Å². The molecule has 1 aromatic carbocycles. The summed E-state index contributed by atoms with van der Waals surface area (Å²) in [7, 11) is 2.07. The zero-order chi connectivity index (χ0) is 30.4. The van der Waals surface area contributed by atoms with Crippen molar-refractivity contribution in [2.24, 2.45) is 7.05 Å². The van der Waals surface area contributed by atoms with Crippen LogP contribution in [0.3, 0.4) is 0 Å². The summed E-state index contributed by atoms with van der Waals surface area (Å²) in [6, 6.07) is 25.3. The van der Waals surface area contributed by atoms with Crippen molar-refractivity contribution in [3.05, 3.63) is 124 Å². The van der Waals surface area contributed by atoms with Crippen LogP contribution >= 0.6 is 0 Å². The van der Waals surface area contributed by atoms with Gasteiger partial charge in [0.1, 0.15) is 0 Å². The first kappa shape index (κ1) is 33.5. The molecule has 5 rings (SSSR count). The Labute approximate surface area is 249 Å². The van der Waals surface area contributed by atoms with Crippen molar-refractivity contribution in [1.82, 2.24) is 19.1 Å². The molecule has 0 unspecified atom stereocenters. The highest BCUT2D eigenvalue weighted by Crippen LogP contribution is 2.15. The SMILES string of the molecule is CCCCCCc1cc(C)[nH]c1C.Cc1ccc(C)[nH]1.Cc1ccc(C)n1-c1ccccc1.Cc1ccc(C)n1C. The summed E-state index contributed by atoms with van der Waals surface area (Å²) in [5.74, 6) is 0. The van der Waals surface area contributed by atoms with Crippen LogP contribution in [0.2, 0.25) is 0 Å². The minimum Gasteiger partial charge on any atom is -0.363 e. The van der Waals surface area contributed by atoms with Crippen LogP contribution in [0.5, 0.6) is 0 Å². The molecule has 2 N–H and O–H groups in total. The molecule has 0 aliphatic carbocycles. The number of aromatic nitrogens is 4. The molecule has 4 heterocycles. The van der Waals surface area contributed by atoms with Gasteiger partial charge in [-0.15, -0.1) is 0 Å². The number of aromatic amines is 2. The van der Waals surface area contributed by atoms with Crippen molar-refractivity contribution in [3.63, 3.8) is 0 Å². The van der Waals surface area contributed by atoms with E-state index in [1.54, 1.807) is 0 Å². The summed E-state index contributed by atoms with van der Waals surface area (Å²) < 4.78 is 4.42. The molecule has 0 amide bonds. The second-order valence-corrected chi connectivity index (χ2v) is 11.2. The van der Waals surface area contributed by atoms with E-state index in [0.29, 0.717) is 0 Å². The smallest absolute Gasteiger partial charge is 0.0454 e. The second-order valence-electron chi connectivity index (χ2n) is 11.2. The molecule has 5 aromatic rings. The Hall–Kier alpha value is -3.66. The Bertz CT molecular complexity index is 1350. The summed E-state index contributed by atoms with van der Waals surface area (Å²) in [5.41, 5.74) is 13.1. The van der Waals surface area contributed by atoms with E-state index in [2.05, 4.69) is 141 Å². The van der Waals surface area contributed by atoms with Gasteiger partial charge in [-0.3, -0.25) is 0 Å². The highest BCUT2D eigenvalue weighted by atomic mass is 15.0. The number of para-hydroxylation sites is 1. The number of nitrogens with zero attached hydrogens (tertiary/aromatic N) is 2. The maximum absolute atomic E-state index is 3.35. The van der Waals surface area contributed by atoms with Gasteiger partial charge in [0, 0.05) is 58.3 Å². The molecule has 4 aromatic heterocycles. The molecule has 0 aliphatic heterocycles. The number of H-pyrrole nitrogens is 2. The number of nitrogens with one attached hydrogen (secondary N) is 2. The fraction of sp³-hybridized carbons (Fsp3) is 0.405. The van der Waals surface area contributed by atoms with Crippen molar-refractivity contribution in [2.75, 3.05) is 0 Å². The Morgan fingerprint density at radius 2 is 1.10 bits per heavy atom. The molecule has 0 saturated heterocycles. The third kappa shape index (κ3) is 11.4. The average molecular weight is 555 g/mol. The number of unbranched alkanes of at least 4 members (excludes halogenated alkanes) is 3. The van der Waals surface area contributed by atoms with E-state index in [9.17, 15) is 0 Å². The molecular formula is C37H54N4. The predicted molar refractivity (Wildman–Crippen MR) is 179 cm³/mol. The topological polar surface area (TPSA) is 41.4 Å². The first-order chi connectivity index (χ1) is 19.5. The van der Waals surface area contributed by atoms with Gasteiger partial charge in [-0.25, -0.2) is 0 Å². The summed E-state index contributed by atoms with van der Waals surface area (Å²) >= 11 is 0. The fourth-order valence-corrected chi connectivity index (χ4v) is 4.82. The summed E-state index contributed by atoms with van der Waals surface area (Å²) in [6.45, 7) is 19.1. The van der Waals surface area contributed by atoms with E-state index in [1.165, 1.54) is 88.9 Å². The summed E-state index contributed by atoms with van der Waals surface area (Å²) in [4.78, 5) is 6.49. The number of benzene rings is 1. The van der Waals surface area contributed by atoms with E-state index < -0.39 is 0 Å². The van der Waals surface area contributed by atoms with E-state index >= 15 is 0 Å². The first-order valence-corrected chi connectivity index (χ1v) is 15.1. The minimum atomic E-state index is 1.23. The Morgan fingerprint density at radius 3 is 1.49 bits per heavy atom. The van der Waals surface area contributed by atoms with Crippen LogP contribution in [-0.2, 0) is 13.5 Å².